The van der Waals surface area contributed by atoms with Crippen LogP contribution in [0, 0.1) is 10.8 Å². The van der Waals surface area contributed by atoms with E-state index in [1.165, 1.54) is 7.11 Å². The first-order valence-corrected chi connectivity index (χ1v) is 9.99. The molecular weight excluding hydrogens is 452 g/mol. The van der Waals surface area contributed by atoms with Gasteiger partial charge in [-0.15, -0.1) is 0 Å². The molecule has 11 heteroatoms. The van der Waals surface area contributed by atoms with E-state index in [-0.39, 0.29) is 46.2 Å². The Morgan fingerprint density at radius 3 is 1.24 bits per heavy atom. The van der Waals surface area contributed by atoms with Crippen molar-refractivity contribution in [2.75, 3.05) is 60.0 Å². The van der Waals surface area contributed by atoms with Gasteiger partial charge in [-0.2, -0.15) is 0 Å². The normalized spacial score (nSPS) is 12.4. The van der Waals surface area contributed by atoms with Crippen molar-refractivity contribution in [3.63, 3.8) is 0 Å². The van der Waals surface area contributed by atoms with Crippen LogP contribution >= 0.6 is 0 Å². The van der Waals surface area contributed by atoms with Crippen LogP contribution in [0.3, 0.4) is 0 Å². The van der Waals surface area contributed by atoms with Crippen molar-refractivity contribution in [1.29, 1.82) is 0 Å². The number of methoxy groups -OCH3 is 1. The predicted octanol–water partition coefficient (Wildman–Crippen LogP) is 0.531. The minimum Gasteiger partial charge on any atom is -0.462 e. The van der Waals surface area contributed by atoms with E-state index < -0.39 is 41.3 Å². The Labute approximate surface area is 198 Å². The van der Waals surface area contributed by atoms with Gasteiger partial charge in [-0.1, -0.05) is 26.3 Å². The summed E-state index contributed by atoms with van der Waals surface area (Å²) in [4.78, 5) is 46.4. The van der Waals surface area contributed by atoms with E-state index in [1.54, 1.807) is 0 Å². The fourth-order valence-corrected chi connectivity index (χ4v) is 2.43. The summed E-state index contributed by atoms with van der Waals surface area (Å²) in [5.41, 5.74) is -2.49. The Morgan fingerprint density at radius 1 is 0.618 bits per heavy atom. The van der Waals surface area contributed by atoms with Crippen LogP contribution in [-0.2, 0) is 47.6 Å². The summed E-state index contributed by atoms with van der Waals surface area (Å²) in [6.07, 6.45) is 3.76. The number of rotatable bonds is 19. The van der Waals surface area contributed by atoms with Gasteiger partial charge in [0.2, 0.25) is 0 Å². The topological polar surface area (TPSA) is 144 Å². The lowest BCUT2D eigenvalue weighted by atomic mass is 9.90. The molecule has 11 nitrogen and oxygen atoms in total. The van der Waals surface area contributed by atoms with Gasteiger partial charge in [-0.25, -0.2) is 19.2 Å². The smallest absolute Gasteiger partial charge is 0.330 e. The fourth-order valence-electron chi connectivity index (χ4n) is 2.43. The lowest BCUT2D eigenvalue weighted by Gasteiger charge is -2.34. The molecule has 0 aromatic heterocycles. The zero-order valence-electron chi connectivity index (χ0n) is 19.3. The standard InChI is InChI=1S/C23H32O11/c1-6-18(25)31-14-22(10-24,11-29-5)12-30-13-23(15-32-19(26)7-2,16-33-20(27)8-3)17-34-21(28)9-4/h6-9,24H,1-4,10-17H2,5H3. The monoisotopic (exact) mass is 484 g/mol. The van der Waals surface area contributed by atoms with Crippen LogP contribution in [0.4, 0.5) is 0 Å². The highest BCUT2D eigenvalue weighted by atomic mass is 16.6. The lowest BCUT2D eigenvalue weighted by molar-refractivity contribution is -0.165. The molecule has 0 saturated carbocycles. The molecule has 34 heavy (non-hydrogen) atoms. The zero-order valence-corrected chi connectivity index (χ0v) is 19.3. The molecule has 1 N–H and O–H groups in total. The molecule has 0 aliphatic carbocycles. The van der Waals surface area contributed by atoms with Crippen LogP contribution in [0.5, 0.6) is 0 Å². The first-order chi connectivity index (χ1) is 16.1. The zero-order chi connectivity index (χ0) is 26.0. The third-order valence-electron chi connectivity index (χ3n) is 4.35. The van der Waals surface area contributed by atoms with Gasteiger partial charge in [0.1, 0.15) is 26.4 Å². The quantitative estimate of drug-likeness (QED) is 0.156. The summed E-state index contributed by atoms with van der Waals surface area (Å²) >= 11 is 0. The predicted molar refractivity (Wildman–Crippen MR) is 119 cm³/mol. The number of aliphatic hydroxyl groups excluding tert-OH is 1. The van der Waals surface area contributed by atoms with E-state index in [9.17, 15) is 24.3 Å². The van der Waals surface area contributed by atoms with E-state index in [4.69, 9.17) is 28.4 Å². The highest BCUT2D eigenvalue weighted by Crippen LogP contribution is 2.25. The van der Waals surface area contributed by atoms with Gasteiger partial charge in [0, 0.05) is 31.4 Å². The molecule has 0 aliphatic rings. The number of hydrogen-bond acceptors (Lipinski definition) is 11. The van der Waals surface area contributed by atoms with Gasteiger partial charge in [0.15, 0.2) is 0 Å². The number of hydrogen-bond donors (Lipinski definition) is 1. The Morgan fingerprint density at radius 2 is 0.941 bits per heavy atom. The van der Waals surface area contributed by atoms with E-state index in [1.807, 2.05) is 0 Å². The molecule has 190 valence electrons. The lowest BCUT2D eigenvalue weighted by Crippen LogP contribution is -2.46. The molecule has 0 saturated heterocycles. The number of esters is 4. The van der Waals surface area contributed by atoms with Crippen molar-refractivity contribution in [3.8, 4) is 0 Å². The van der Waals surface area contributed by atoms with Crippen LogP contribution < -0.4 is 0 Å². The molecule has 0 fully saturated rings. The summed E-state index contributed by atoms with van der Waals surface area (Å²) in [5.74, 6) is -3.01. The van der Waals surface area contributed by atoms with Crippen molar-refractivity contribution >= 4 is 23.9 Å². The highest BCUT2D eigenvalue weighted by Gasteiger charge is 2.38. The first kappa shape index (κ1) is 30.7. The van der Waals surface area contributed by atoms with Gasteiger partial charge < -0.3 is 33.5 Å². The molecule has 0 radical (unpaired) electrons. The van der Waals surface area contributed by atoms with Crippen molar-refractivity contribution in [2.24, 2.45) is 10.8 Å². The fraction of sp³-hybridized carbons (Fsp3) is 0.478. The highest BCUT2D eigenvalue weighted by molar-refractivity contribution is 5.82. The average molecular weight is 484 g/mol. The minimum absolute atomic E-state index is 0.0384. The second-order valence-corrected chi connectivity index (χ2v) is 7.33. The van der Waals surface area contributed by atoms with Crippen LogP contribution in [0.2, 0.25) is 0 Å². The molecule has 0 amide bonds. The molecule has 0 heterocycles. The summed E-state index contributed by atoms with van der Waals surface area (Å²) in [6, 6.07) is 0. The van der Waals surface area contributed by atoms with Gasteiger partial charge in [-0.3, -0.25) is 0 Å². The molecule has 0 aromatic carbocycles. The number of aliphatic hydroxyl groups is 1. The van der Waals surface area contributed by atoms with E-state index >= 15 is 0 Å². The Kier molecular flexibility index (Phi) is 14.8. The number of carbonyl (C=O) groups is 4. The maximum absolute atomic E-state index is 11.7. The number of ether oxygens (including phenoxy) is 6. The van der Waals surface area contributed by atoms with Gasteiger partial charge >= 0.3 is 23.9 Å². The van der Waals surface area contributed by atoms with Crippen molar-refractivity contribution in [2.45, 2.75) is 0 Å². The summed E-state index contributed by atoms with van der Waals surface area (Å²) in [5, 5.41) is 9.93. The maximum atomic E-state index is 11.7. The summed E-state index contributed by atoms with van der Waals surface area (Å²) in [6.45, 7) is 10.9. The van der Waals surface area contributed by atoms with Crippen LogP contribution in [0.1, 0.15) is 0 Å². The molecule has 0 spiro atoms. The van der Waals surface area contributed by atoms with E-state index in [0.29, 0.717) is 0 Å². The second kappa shape index (κ2) is 16.4. The van der Waals surface area contributed by atoms with E-state index in [2.05, 4.69) is 26.3 Å². The Hall–Kier alpha value is -3.28. The first-order valence-electron chi connectivity index (χ1n) is 9.99. The van der Waals surface area contributed by atoms with Crippen LogP contribution in [0.15, 0.2) is 50.6 Å². The molecule has 0 aromatic rings. The molecular formula is C23H32O11. The maximum Gasteiger partial charge on any atom is 0.330 e. The Balaban J connectivity index is 5.72. The van der Waals surface area contributed by atoms with Gasteiger partial charge in [-0.05, 0) is 0 Å². The van der Waals surface area contributed by atoms with Gasteiger partial charge in [0.05, 0.1) is 37.3 Å². The SMILES string of the molecule is C=CC(=O)OCC(CO)(COC)COCC(COC(=O)C=C)(COC(=O)C=C)COC(=O)C=C. The van der Waals surface area contributed by atoms with Crippen molar-refractivity contribution in [1.82, 2.24) is 0 Å². The summed E-state index contributed by atoms with van der Waals surface area (Å²) < 4.78 is 31.3. The molecule has 0 aliphatic heterocycles. The van der Waals surface area contributed by atoms with Crippen molar-refractivity contribution < 1.29 is 52.7 Å². The average Bonchev–Trinajstić information content (AvgIpc) is 2.86. The number of carbonyl (C=O) groups excluding carboxylic acids is 4. The Bertz CT molecular complexity index is 683. The third-order valence-corrected chi connectivity index (χ3v) is 4.35. The summed E-state index contributed by atoms with van der Waals surface area (Å²) in [7, 11) is 1.39. The van der Waals surface area contributed by atoms with Crippen molar-refractivity contribution in [3.05, 3.63) is 50.6 Å². The van der Waals surface area contributed by atoms with Crippen LogP contribution in [0.25, 0.3) is 0 Å². The molecule has 1 unspecified atom stereocenters. The molecule has 0 bridgehead atoms. The molecule has 0 rings (SSSR count). The second-order valence-electron chi connectivity index (χ2n) is 7.33. The minimum atomic E-state index is -1.35. The largest absolute Gasteiger partial charge is 0.462 e. The third kappa shape index (κ3) is 11.5. The van der Waals surface area contributed by atoms with Gasteiger partial charge in [0.25, 0.3) is 0 Å². The van der Waals surface area contributed by atoms with E-state index in [0.717, 1.165) is 24.3 Å². The van der Waals surface area contributed by atoms with Crippen LogP contribution in [-0.4, -0.2) is 88.9 Å². The molecule has 1 atom stereocenters.